The Morgan fingerprint density at radius 3 is 2.48 bits per heavy atom. The molecule has 168 valence electrons. The lowest BCUT2D eigenvalue weighted by atomic mass is 10.1. The van der Waals surface area contributed by atoms with Crippen LogP contribution in [0.2, 0.25) is 0 Å². The highest BCUT2D eigenvalue weighted by Gasteiger charge is 2.21. The van der Waals surface area contributed by atoms with Gasteiger partial charge in [0.05, 0.1) is 10.5 Å². The molecule has 0 aliphatic rings. The van der Waals surface area contributed by atoms with E-state index >= 15 is 0 Å². The topological polar surface area (TPSA) is 103 Å². The maximum absolute atomic E-state index is 12.8. The van der Waals surface area contributed by atoms with Crippen molar-refractivity contribution in [3.05, 3.63) is 95.2 Å². The van der Waals surface area contributed by atoms with Gasteiger partial charge in [0, 0.05) is 11.1 Å². The normalized spacial score (nSPS) is 11.3. The summed E-state index contributed by atoms with van der Waals surface area (Å²) in [4.78, 5) is 25.0. The molecular formula is C25H21NO6S. The molecule has 0 aliphatic heterocycles. The number of para-hydroxylation sites is 1. The monoisotopic (exact) mass is 463 g/mol. The number of ketones is 1. The Balaban J connectivity index is 1.49. The molecule has 0 aliphatic carbocycles. The van der Waals surface area contributed by atoms with Crippen LogP contribution in [0.1, 0.15) is 32.0 Å². The van der Waals surface area contributed by atoms with Crippen molar-refractivity contribution in [3.8, 4) is 0 Å². The maximum Gasteiger partial charge on any atom is 0.338 e. The minimum atomic E-state index is -3.93. The number of hydrogen-bond donors (Lipinski definition) is 1. The molecular weight excluding hydrogens is 442 g/mol. The minimum absolute atomic E-state index is 0.0551. The number of fused-ring (bicyclic) bond motifs is 1. The molecule has 1 aromatic heterocycles. The van der Waals surface area contributed by atoms with Crippen molar-refractivity contribution in [2.75, 3.05) is 11.3 Å². The Bertz CT molecular complexity index is 1440. The number of sulfonamides is 1. The lowest BCUT2D eigenvalue weighted by Crippen LogP contribution is -2.17. The van der Waals surface area contributed by atoms with E-state index in [1.807, 2.05) is 25.1 Å². The average molecular weight is 464 g/mol. The van der Waals surface area contributed by atoms with Crippen molar-refractivity contribution in [2.45, 2.75) is 18.7 Å². The number of hydrogen-bond acceptors (Lipinski definition) is 6. The fraction of sp³-hybridized carbons (Fsp3) is 0.120. The van der Waals surface area contributed by atoms with Crippen molar-refractivity contribution in [1.82, 2.24) is 0 Å². The molecule has 0 saturated heterocycles. The second kappa shape index (κ2) is 8.91. The molecule has 0 unspecified atom stereocenters. The summed E-state index contributed by atoms with van der Waals surface area (Å²) in [7, 11) is -3.93. The van der Waals surface area contributed by atoms with E-state index in [0.29, 0.717) is 16.8 Å². The molecule has 1 N–H and O–H groups in total. The van der Waals surface area contributed by atoms with E-state index in [9.17, 15) is 18.0 Å². The number of carbonyl (C=O) groups is 2. The lowest BCUT2D eigenvalue weighted by molar-refractivity contribution is 0.0467. The predicted octanol–water partition coefficient (Wildman–Crippen LogP) is 4.89. The molecule has 7 nitrogen and oxygen atoms in total. The van der Waals surface area contributed by atoms with E-state index in [2.05, 4.69) is 4.72 Å². The Kier molecular flexibility index (Phi) is 6.02. The summed E-state index contributed by atoms with van der Waals surface area (Å²) in [6.07, 6.45) is 0. The van der Waals surface area contributed by atoms with E-state index in [0.717, 1.165) is 10.9 Å². The number of furan rings is 1. The summed E-state index contributed by atoms with van der Waals surface area (Å²) in [6.45, 7) is 2.98. The molecule has 0 amide bonds. The zero-order valence-electron chi connectivity index (χ0n) is 18.0. The fourth-order valence-electron chi connectivity index (χ4n) is 3.31. The van der Waals surface area contributed by atoms with Crippen LogP contribution in [-0.2, 0) is 14.8 Å². The van der Waals surface area contributed by atoms with Crippen LogP contribution in [0.25, 0.3) is 11.0 Å². The quantitative estimate of drug-likeness (QED) is 0.309. The van der Waals surface area contributed by atoms with Gasteiger partial charge in [-0.25, -0.2) is 13.2 Å². The van der Waals surface area contributed by atoms with Gasteiger partial charge in [-0.1, -0.05) is 36.4 Å². The van der Waals surface area contributed by atoms with E-state index in [1.54, 1.807) is 43.3 Å². The number of aryl methyl sites for hydroxylation is 2. The number of anilines is 1. The van der Waals surface area contributed by atoms with Crippen LogP contribution in [0.4, 0.5) is 5.69 Å². The van der Waals surface area contributed by atoms with Crippen molar-refractivity contribution < 1.29 is 27.2 Å². The smallest absolute Gasteiger partial charge is 0.338 e. The van der Waals surface area contributed by atoms with E-state index in [1.165, 1.54) is 18.2 Å². The summed E-state index contributed by atoms with van der Waals surface area (Å²) in [5.74, 6) is -1.22. The van der Waals surface area contributed by atoms with Crippen LogP contribution < -0.4 is 4.72 Å². The van der Waals surface area contributed by atoms with Crippen LogP contribution in [-0.4, -0.2) is 26.8 Å². The highest BCUT2D eigenvalue weighted by Crippen LogP contribution is 2.22. The first kappa shape index (κ1) is 22.3. The molecule has 3 aromatic carbocycles. The third-order valence-electron chi connectivity index (χ3n) is 5.04. The van der Waals surface area contributed by atoms with Crippen molar-refractivity contribution in [1.29, 1.82) is 0 Å². The van der Waals surface area contributed by atoms with Crippen molar-refractivity contribution >= 4 is 38.4 Å². The predicted molar refractivity (Wildman–Crippen MR) is 124 cm³/mol. The van der Waals surface area contributed by atoms with Gasteiger partial charge in [0.1, 0.15) is 5.58 Å². The van der Waals surface area contributed by atoms with Gasteiger partial charge >= 0.3 is 5.97 Å². The molecule has 4 aromatic rings. The number of Topliss-reactive ketones (excluding diaryl/α,β-unsaturated/α-hetero) is 1. The van der Waals surface area contributed by atoms with Crippen LogP contribution >= 0.6 is 0 Å². The van der Waals surface area contributed by atoms with Crippen LogP contribution in [0, 0.1) is 13.8 Å². The maximum atomic E-state index is 12.8. The summed E-state index contributed by atoms with van der Waals surface area (Å²) >= 11 is 0. The molecule has 0 saturated carbocycles. The fourth-order valence-corrected chi connectivity index (χ4v) is 4.39. The molecule has 0 bridgehead atoms. The van der Waals surface area contributed by atoms with Crippen LogP contribution in [0.3, 0.4) is 0 Å². The first-order valence-electron chi connectivity index (χ1n) is 10.1. The lowest BCUT2D eigenvalue weighted by Gasteiger charge is -2.11. The Labute approximate surface area is 191 Å². The number of ether oxygens (including phenoxy) is 1. The molecule has 4 rings (SSSR count). The zero-order valence-corrected chi connectivity index (χ0v) is 18.8. The summed E-state index contributed by atoms with van der Waals surface area (Å²) in [6, 6.07) is 19.8. The number of rotatable bonds is 7. The molecule has 0 radical (unpaired) electrons. The van der Waals surface area contributed by atoms with Gasteiger partial charge < -0.3 is 9.15 Å². The van der Waals surface area contributed by atoms with E-state index < -0.39 is 28.4 Å². The number of esters is 1. The van der Waals surface area contributed by atoms with Gasteiger partial charge in [-0.15, -0.1) is 0 Å². The molecule has 0 spiro atoms. The molecule has 33 heavy (non-hydrogen) atoms. The van der Waals surface area contributed by atoms with E-state index in [4.69, 9.17) is 9.15 Å². The summed E-state index contributed by atoms with van der Waals surface area (Å²) in [5.41, 5.74) is 2.45. The van der Waals surface area contributed by atoms with Crippen LogP contribution in [0.5, 0.6) is 0 Å². The summed E-state index contributed by atoms with van der Waals surface area (Å²) < 4.78 is 38.8. The zero-order chi connectivity index (χ0) is 23.6. The second-order valence-electron chi connectivity index (χ2n) is 7.60. The Hall–Kier alpha value is -3.91. The molecule has 8 heteroatoms. The van der Waals surface area contributed by atoms with Gasteiger partial charge in [0.25, 0.3) is 10.0 Å². The van der Waals surface area contributed by atoms with Gasteiger partial charge in [0.15, 0.2) is 12.4 Å². The van der Waals surface area contributed by atoms with Gasteiger partial charge in [-0.05, 0) is 61.4 Å². The minimum Gasteiger partial charge on any atom is -0.454 e. The van der Waals surface area contributed by atoms with E-state index in [-0.39, 0.29) is 16.2 Å². The van der Waals surface area contributed by atoms with Crippen molar-refractivity contribution in [2.24, 2.45) is 0 Å². The number of nitrogens with one attached hydrogen (secondary N) is 1. The first-order chi connectivity index (χ1) is 15.7. The number of carbonyl (C=O) groups excluding carboxylic acids is 2. The Morgan fingerprint density at radius 1 is 0.939 bits per heavy atom. The molecule has 0 atom stereocenters. The molecule has 0 fully saturated rings. The van der Waals surface area contributed by atoms with Gasteiger partial charge in [0.2, 0.25) is 5.78 Å². The van der Waals surface area contributed by atoms with Crippen LogP contribution in [0.15, 0.2) is 82.1 Å². The van der Waals surface area contributed by atoms with Gasteiger partial charge in [-0.3, -0.25) is 9.52 Å². The molecule has 1 heterocycles. The standard InChI is InChI=1S/C25H21NO6S/c1-16-6-5-8-19(12-16)26-33(29,30)20-11-10-17(2)21(14-20)25(28)31-15-22(27)24-13-18-7-3-4-9-23(18)32-24/h3-14,26H,15H2,1-2H3. The van der Waals surface area contributed by atoms with Gasteiger partial charge in [-0.2, -0.15) is 0 Å². The second-order valence-corrected chi connectivity index (χ2v) is 9.28. The first-order valence-corrected chi connectivity index (χ1v) is 11.6. The highest BCUT2D eigenvalue weighted by molar-refractivity contribution is 7.92. The third kappa shape index (κ3) is 4.96. The SMILES string of the molecule is Cc1cccc(NS(=O)(=O)c2ccc(C)c(C(=O)OCC(=O)c3cc4ccccc4o3)c2)c1. The average Bonchev–Trinajstić information content (AvgIpc) is 3.21. The number of benzene rings is 3. The highest BCUT2D eigenvalue weighted by atomic mass is 32.2. The largest absolute Gasteiger partial charge is 0.454 e. The third-order valence-corrected chi connectivity index (χ3v) is 6.42. The van der Waals surface area contributed by atoms with Crippen molar-refractivity contribution in [3.63, 3.8) is 0 Å². The summed E-state index contributed by atoms with van der Waals surface area (Å²) in [5, 5.41) is 0.766. The Morgan fingerprint density at radius 2 is 1.73 bits per heavy atom.